The second-order valence-electron chi connectivity index (χ2n) is 6.52. The molecule has 1 aromatic carbocycles. The Balaban J connectivity index is 1.77. The zero-order valence-electron chi connectivity index (χ0n) is 15.7. The van der Waals surface area contributed by atoms with Crippen LogP contribution in [0.15, 0.2) is 48.7 Å². The predicted octanol–water partition coefficient (Wildman–Crippen LogP) is 4.16. The first-order chi connectivity index (χ1) is 13.6. The van der Waals surface area contributed by atoms with E-state index in [1.54, 1.807) is 16.6 Å². The minimum atomic E-state index is -0.506. The summed E-state index contributed by atoms with van der Waals surface area (Å²) in [7, 11) is 0. The molecule has 0 saturated heterocycles. The van der Waals surface area contributed by atoms with Crippen LogP contribution in [-0.4, -0.2) is 31.4 Å². The van der Waals surface area contributed by atoms with Crippen LogP contribution < -0.4 is 5.32 Å². The molecule has 0 aliphatic heterocycles. The number of nitrogens with zero attached hydrogens (tertiary/aromatic N) is 4. The molecule has 0 aliphatic carbocycles. The van der Waals surface area contributed by atoms with Crippen LogP contribution in [0.4, 0.5) is 16.0 Å². The Labute approximate surface area is 161 Å². The largest absolute Gasteiger partial charge is 0.365 e. The molecular weight excluding hydrogens is 359 g/mol. The molecular formula is C20H21FN6O. The standard InChI is InChI=1S/C20H21FN6O/c1-3-11-28-18(14-6-8-15(21)9-7-14)20-23-19(16-5-4-10-27(16)26-20)22-17-12-13(2)24-25-17/h4-10,12,18H,3,11H2,1-2H3,(H2,22,23,24,25,26). The van der Waals surface area contributed by atoms with Crippen LogP contribution in [0, 0.1) is 12.7 Å². The van der Waals surface area contributed by atoms with Crippen LogP contribution >= 0.6 is 0 Å². The van der Waals surface area contributed by atoms with Gasteiger partial charge in [-0.1, -0.05) is 19.1 Å². The highest BCUT2D eigenvalue weighted by Crippen LogP contribution is 2.27. The van der Waals surface area contributed by atoms with Crippen LogP contribution in [-0.2, 0) is 4.74 Å². The van der Waals surface area contributed by atoms with Gasteiger partial charge in [-0.3, -0.25) is 5.10 Å². The summed E-state index contributed by atoms with van der Waals surface area (Å²) in [4.78, 5) is 4.71. The molecule has 7 nitrogen and oxygen atoms in total. The van der Waals surface area contributed by atoms with Gasteiger partial charge in [0.05, 0.1) is 0 Å². The number of fused-ring (bicyclic) bond motifs is 1. The number of hydrogen-bond acceptors (Lipinski definition) is 5. The Morgan fingerprint density at radius 3 is 2.79 bits per heavy atom. The van der Waals surface area contributed by atoms with Gasteiger partial charge in [0.15, 0.2) is 17.5 Å². The van der Waals surface area contributed by atoms with Gasteiger partial charge < -0.3 is 10.1 Å². The van der Waals surface area contributed by atoms with E-state index in [9.17, 15) is 4.39 Å². The maximum absolute atomic E-state index is 13.4. The smallest absolute Gasteiger partial charge is 0.184 e. The first-order valence-electron chi connectivity index (χ1n) is 9.15. The fourth-order valence-corrected chi connectivity index (χ4v) is 2.95. The molecule has 0 radical (unpaired) electrons. The maximum Gasteiger partial charge on any atom is 0.184 e. The molecule has 3 heterocycles. The molecule has 0 spiro atoms. The Morgan fingerprint density at radius 1 is 1.25 bits per heavy atom. The molecule has 8 heteroatoms. The van der Waals surface area contributed by atoms with Gasteiger partial charge in [0.1, 0.15) is 17.4 Å². The van der Waals surface area contributed by atoms with Crippen molar-refractivity contribution in [3.05, 3.63) is 71.6 Å². The Hall–Kier alpha value is -3.26. The maximum atomic E-state index is 13.4. The van der Waals surface area contributed by atoms with Crippen molar-refractivity contribution in [3.8, 4) is 0 Å². The fourth-order valence-electron chi connectivity index (χ4n) is 2.95. The summed E-state index contributed by atoms with van der Waals surface area (Å²) in [6.45, 7) is 4.50. The molecule has 1 unspecified atom stereocenters. The molecule has 3 aromatic heterocycles. The zero-order chi connectivity index (χ0) is 19.5. The molecule has 2 N–H and O–H groups in total. The van der Waals surface area contributed by atoms with Gasteiger partial charge in [-0.15, -0.1) is 5.10 Å². The van der Waals surface area contributed by atoms with Gasteiger partial charge in [-0.25, -0.2) is 13.9 Å². The number of aryl methyl sites for hydroxylation is 1. The third kappa shape index (κ3) is 3.72. The quantitative estimate of drug-likeness (QED) is 0.503. The molecule has 0 fully saturated rings. The van der Waals surface area contributed by atoms with Gasteiger partial charge in [0.2, 0.25) is 0 Å². The number of hydrogen-bond donors (Lipinski definition) is 2. The van der Waals surface area contributed by atoms with Gasteiger partial charge in [0, 0.05) is 24.6 Å². The Kier molecular flexibility index (Phi) is 5.03. The zero-order valence-corrected chi connectivity index (χ0v) is 15.7. The van der Waals surface area contributed by atoms with E-state index in [0.717, 1.165) is 23.2 Å². The summed E-state index contributed by atoms with van der Waals surface area (Å²) in [5.41, 5.74) is 2.55. The highest BCUT2D eigenvalue weighted by Gasteiger charge is 2.21. The van der Waals surface area contributed by atoms with Crippen LogP contribution in [0.1, 0.15) is 36.5 Å². The molecule has 0 saturated carbocycles. The van der Waals surface area contributed by atoms with Crippen LogP contribution in [0.2, 0.25) is 0 Å². The van der Waals surface area contributed by atoms with Crippen molar-refractivity contribution >= 4 is 17.2 Å². The van der Waals surface area contributed by atoms with Crippen molar-refractivity contribution < 1.29 is 9.13 Å². The molecule has 0 aliphatic rings. The molecule has 4 aromatic rings. The number of nitrogens with one attached hydrogen (secondary N) is 2. The lowest BCUT2D eigenvalue weighted by Crippen LogP contribution is -2.14. The van der Waals surface area contributed by atoms with E-state index >= 15 is 0 Å². The first-order valence-corrected chi connectivity index (χ1v) is 9.15. The number of halogens is 1. The summed E-state index contributed by atoms with van der Waals surface area (Å²) in [5.74, 6) is 1.47. The molecule has 28 heavy (non-hydrogen) atoms. The molecule has 4 rings (SSSR count). The molecule has 144 valence electrons. The Bertz CT molecular complexity index is 1070. The first kappa shape index (κ1) is 18.1. The number of H-pyrrole nitrogens is 1. The van der Waals surface area contributed by atoms with Crippen molar-refractivity contribution in [2.75, 3.05) is 11.9 Å². The van der Waals surface area contributed by atoms with Crippen LogP contribution in [0.25, 0.3) is 5.52 Å². The van der Waals surface area contributed by atoms with E-state index in [1.807, 2.05) is 38.2 Å². The summed E-state index contributed by atoms with van der Waals surface area (Å²) >= 11 is 0. The predicted molar refractivity (Wildman–Crippen MR) is 104 cm³/mol. The van der Waals surface area contributed by atoms with E-state index in [1.165, 1.54) is 12.1 Å². The summed E-state index contributed by atoms with van der Waals surface area (Å²) in [6.07, 6.45) is 2.19. The molecule has 0 amide bonds. The Morgan fingerprint density at radius 2 is 2.07 bits per heavy atom. The highest BCUT2D eigenvalue weighted by atomic mass is 19.1. The summed E-state index contributed by atoms with van der Waals surface area (Å²) < 4.78 is 21.2. The van der Waals surface area contributed by atoms with Crippen LogP contribution in [0.5, 0.6) is 0 Å². The van der Waals surface area contributed by atoms with Crippen LogP contribution in [0.3, 0.4) is 0 Å². The third-order valence-electron chi connectivity index (χ3n) is 4.26. The number of ether oxygens (including phenoxy) is 1. The monoisotopic (exact) mass is 380 g/mol. The van der Waals surface area contributed by atoms with Crippen molar-refractivity contribution in [2.45, 2.75) is 26.4 Å². The summed E-state index contributed by atoms with van der Waals surface area (Å²) in [5, 5.41) is 15.0. The van der Waals surface area contributed by atoms with Crippen molar-refractivity contribution in [1.82, 2.24) is 24.8 Å². The lowest BCUT2D eigenvalue weighted by molar-refractivity contribution is 0.0739. The normalized spacial score (nSPS) is 12.4. The number of aromatic nitrogens is 5. The lowest BCUT2D eigenvalue weighted by atomic mass is 10.1. The van der Waals surface area contributed by atoms with Gasteiger partial charge in [-0.2, -0.15) is 5.10 Å². The molecule has 1 atom stereocenters. The number of rotatable bonds is 7. The molecule has 0 bridgehead atoms. The number of aromatic amines is 1. The van der Waals surface area contributed by atoms with Gasteiger partial charge in [0.25, 0.3) is 0 Å². The number of anilines is 2. The summed E-state index contributed by atoms with van der Waals surface area (Å²) in [6, 6.07) is 11.9. The average Bonchev–Trinajstić information content (AvgIpc) is 3.32. The van der Waals surface area contributed by atoms with Gasteiger partial charge >= 0.3 is 0 Å². The van der Waals surface area contributed by atoms with E-state index in [-0.39, 0.29) is 5.82 Å². The average molecular weight is 380 g/mol. The second kappa shape index (κ2) is 7.77. The lowest BCUT2D eigenvalue weighted by Gasteiger charge is -2.18. The third-order valence-corrected chi connectivity index (χ3v) is 4.26. The topological polar surface area (TPSA) is 80.1 Å². The van der Waals surface area contributed by atoms with E-state index in [2.05, 4.69) is 20.6 Å². The van der Waals surface area contributed by atoms with E-state index in [4.69, 9.17) is 9.72 Å². The minimum Gasteiger partial charge on any atom is -0.365 e. The van der Waals surface area contributed by atoms with E-state index in [0.29, 0.717) is 24.1 Å². The highest BCUT2D eigenvalue weighted by molar-refractivity contribution is 5.72. The number of benzene rings is 1. The SMILES string of the molecule is CCCOC(c1ccc(F)cc1)c1nc(Nc2cc(C)[nH]n2)c2cccn2n1. The van der Waals surface area contributed by atoms with E-state index < -0.39 is 6.10 Å². The van der Waals surface area contributed by atoms with Crippen molar-refractivity contribution in [1.29, 1.82) is 0 Å². The van der Waals surface area contributed by atoms with Gasteiger partial charge in [-0.05, 0) is 43.2 Å². The van der Waals surface area contributed by atoms with Crippen molar-refractivity contribution in [2.24, 2.45) is 0 Å². The van der Waals surface area contributed by atoms with Crippen molar-refractivity contribution in [3.63, 3.8) is 0 Å². The minimum absolute atomic E-state index is 0.295. The fraction of sp³-hybridized carbons (Fsp3) is 0.250. The second-order valence-corrected chi connectivity index (χ2v) is 6.52.